The third-order valence-corrected chi connectivity index (χ3v) is 12.6. The first-order chi connectivity index (χ1) is 27.9. The predicted octanol–water partition coefficient (Wildman–Crippen LogP) is 9.15. The number of nitrogens with zero attached hydrogens (tertiary/aromatic N) is 2. The molecule has 0 spiro atoms. The molecule has 3 aliphatic carbocycles. The maximum absolute atomic E-state index is 14.6. The van der Waals surface area contributed by atoms with Crippen molar-refractivity contribution in [2.75, 3.05) is 33.0 Å². The van der Waals surface area contributed by atoms with Crippen molar-refractivity contribution in [3.63, 3.8) is 0 Å². The fourth-order valence-electron chi connectivity index (χ4n) is 10.1. The van der Waals surface area contributed by atoms with E-state index in [2.05, 4.69) is 25.6 Å². The van der Waals surface area contributed by atoms with E-state index in [1.807, 2.05) is 30.0 Å². The van der Waals surface area contributed by atoms with Crippen LogP contribution < -0.4 is 9.47 Å². The molecule has 310 valence electrons. The second-order valence-corrected chi connectivity index (χ2v) is 16.3. The number of rotatable bonds is 22. The lowest BCUT2D eigenvalue weighted by molar-refractivity contribution is -0.257. The number of aldehydes is 1. The lowest BCUT2D eigenvalue weighted by Crippen LogP contribution is -2.70. The molecular weight excluding hydrogens is 721 g/mol. The molecule has 6 rings (SSSR count). The van der Waals surface area contributed by atoms with Crippen LogP contribution in [0, 0.1) is 23.7 Å². The molecular formula is C47H64N2O8. The molecule has 4 aliphatic rings. The van der Waals surface area contributed by atoms with E-state index >= 15 is 0 Å². The van der Waals surface area contributed by atoms with Crippen molar-refractivity contribution in [1.29, 1.82) is 0 Å². The molecule has 0 saturated heterocycles. The molecule has 1 aliphatic heterocycles. The van der Waals surface area contributed by atoms with Gasteiger partial charge in [0, 0.05) is 49.6 Å². The van der Waals surface area contributed by atoms with Crippen LogP contribution >= 0.6 is 0 Å². The Hall–Kier alpha value is -3.99. The summed E-state index contributed by atoms with van der Waals surface area (Å²) in [5.41, 5.74) is 3.34. The second kappa shape index (κ2) is 20.6. The van der Waals surface area contributed by atoms with Crippen molar-refractivity contribution in [3.05, 3.63) is 77.9 Å². The molecule has 0 bridgehead atoms. The summed E-state index contributed by atoms with van der Waals surface area (Å²) in [5, 5.41) is 24.6. The molecule has 0 unspecified atom stereocenters. The summed E-state index contributed by atoms with van der Waals surface area (Å²) in [6.07, 6.45) is 17.1. The number of allylic oxidation sites excluding steroid dienone is 1. The van der Waals surface area contributed by atoms with E-state index in [0.29, 0.717) is 67.6 Å². The predicted molar refractivity (Wildman–Crippen MR) is 222 cm³/mol. The number of fused-ring (bicyclic) bond motifs is 2. The molecule has 10 nitrogen and oxygen atoms in total. The number of benzene rings is 2. The summed E-state index contributed by atoms with van der Waals surface area (Å²) in [6, 6.07) is 12.5. The van der Waals surface area contributed by atoms with Gasteiger partial charge in [-0.05, 0) is 99.1 Å². The van der Waals surface area contributed by atoms with Gasteiger partial charge in [-0.3, -0.25) is 9.59 Å². The monoisotopic (exact) mass is 784 g/mol. The summed E-state index contributed by atoms with van der Waals surface area (Å²) in [7, 11) is 0. The fourth-order valence-corrected chi connectivity index (χ4v) is 10.1. The quantitative estimate of drug-likeness (QED) is 0.0524. The number of oxime groups is 1. The van der Waals surface area contributed by atoms with Crippen molar-refractivity contribution < 1.29 is 38.9 Å². The van der Waals surface area contributed by atoms with Gasteiger partial charge in [-0.15, -0.1) is 6.58 Å². The van der Waals surface area contributed by atoms with E-state index in [0.717, 1.165) is 61.7 Å². The van der Waals surface area contributed by atoms with Gasteiger partial charge in [0.25, 0.3) is 0 Å². The van der Waals surface area contributed by atoms with E-state index in [9.17, 15) is 19.8 Å². The number of aliphatic hydroxyl groups is 2. The number of unbranched alkanes of at least 4 members (excludes halogenated alkanes) is 2. The van der Waals surface area contributed by atoms with Crippen LogP contribution in [0.4, 0.5) is 0 Å². The third-order valence-electron chi connectivity index (χ3n) is 12.6. The molecule has 2 aromatic rings. The van der Waals surface area contributed by atoms with Crippen molar-refractivity contribution in [1.82, 2.24) is 4.90 Å². The van der Waals surface area contributed by atoms with E-state index in [-0.39, 0.29) is 49.4 Å². The number of amides is 1. The standard InChI is InChI=1S/C47H64N2O8/c1-4-24-49(44(53)23-20-33-14-7-8-15-33)43-31-41(48-55-6-3)39-29-35(17-9-11-25-50)38(19-10-12-26-51)45-40-30-37(56-36-18-13-16-34(28-36)32-52)21-22-42(40)57-47(43,46(39)45)54-27-5-2/h5,13,16,18,21-22,28-30,32-33,35,38,43,45-46,50-51H,2,4,6-12,14-15,17,19-20,23-27,31H2,1,3H3/t35-,38+,43-,45+,46+,47+/m0/s1. The number of carbonyl (C=O) groups is 2. The number of carbonyl (C=O) groups excluding carboxylic acids is 2. The smallest absolute Gasteiger partial charge is 0.239 e. The Morgan fingerprint density at radius 1 is 1.02 bits per heavy atom. The maximum atomic E-state index is 14.6. The summed E-state index contributed by atoms with van der Waals surface area (Å²) >= 11 is 0. The minimum absolute atomic E-state index is 0.108. The Balaban J connectivity index is 1.54. The molecule has 2 fully saturated rings. The van der Waals surface area contributed by atoms with Crippen LogP contribution in [0.25, 0.3) is 0 Å². The normalized spacial score (nSPS) is 25.9. The fraction of sp³-hybridized carbons (Fsp3) is 0.596. The highest BCUT2D eigenvalue weighted by atomic mass is 16.7. The minimum Gasteiger partial charge on any atom is -0.459 e. The highest BCUT2D eigenvalue weighted by Gasteiger charge is 2.65. The molecule has 10 heteroatoms. The Morgan fingerprint density at radius 3 is 2.51 bits per heavy atom. The van der Waals surface area contributed by atoms with Crippen LogP contribution in [0.1, 0.15) is 126 Å². The number of aliphatic hydroxyl groups excluding tert-OH is 2. The van der Waals surface area contributed by atoms with Gasteiger partial charge in [-0.25, -0.2) is 0 Å². The number of hydrogen-bond donors (Lipinski definition) is 2. The number of hydrogen-bond acceptors (Lipinski definition) is 9. The van der Waals surface area contributed by atoms with Crippen LogP contribution in [-0.2, 0) is 14.4 Å². The minimum atomic E-state index is -1.27. The van der Waals surface area contributed by atoms with Crippen LogP contribution in [0.15, 0.2) is 71.9 Å². The zero-order chi connectivity index (χ0) is 40.2. The SMILES string of the molecule is C=CCO[C@@]12Oc3ccc(Oc4cccc(C=O)c4)cc3[C@H]3[C@H](CCCCO)[C@@H](CCCCO)C=C(C(=NOCC)C[C@@H]1N(CCC)C(=O)CCC1CCCC1)[C@H]32. The molecule has 57 heavy (non-hydrogen) atoms. The second-order valence-electron chi connectivity index (χ2n) is 16.3. The van der Waals surface area contributed by atoms with Crippen molar-refractivity contribution in [3.8, 4) is 17.2 Å². The Bertz CT molecular complexity index is 1720. The maximum Gasteiger partial charge on any atom is 0.239 e. The lowest BCUT2D eigenvalue weighted by atomic mass is 9.55. The zero-order valence-corrected chi connectivity index (χ0v) is 34.1. The van der Waals surface area contributed by atoms with Gasteiger partial charge in [-0.1, -0.05) is 74.9 Å². The first-order valence-electron chi connectivity index (χ1n) is 21.6. The van der Waals surface area contributed by atoms with Gasteiger partial charge in [0.05, 0.1) is 18.2 Å². The van der Waals surface area contributed by atoms with Gasteiger partial charge in [-0.2, -0.15) is 0 Å². The van der Waals surface area contributed by atoms with Crippen molar-refractivity contribution in [2.45, 2.75) is 121 Å². The first kappa shape index (κ1) is 42.6. The van der Waals surface area contributed by atoms with Crippen molar-refractivity contribution >= 4 is 17.9 Å². The Kier molecular flexibility index (Phi) is 15.4. The third kappa shape index (κ3) is 9.67. The Morgan fingerprint density at radius 2 is 1.79 bits per heavy atom. The van der Waals surface area contributed by atoms with Gasteiger partial charge in [0.15, 0.2) is 0 Å². The molecule has 1 amide bonds. The molecule has 0 radical (unpaired) electrons. The molecule has 2 saturated carbocycles. The van der Waals surface area contributed by atoms with Gasteiger partial charge in [0.2, 0.25) is 11.7 Å². The van der Waals surface area contributed by atoms with E-state index in [1.165, 1.54) is 25.7 Å². The first-order valence-corrected chi connectivity index (χ1v) is 21.6. The highest BCUT2D eigenvalue weighted by molar-refractivity contribution is 6.03. The highest BCUT2D eigenvalue weighted by Crippen LogP contribution is 2.62. The van der Waals surface area contributed by atoms with Crippen LogP contribution in [0.2, 0.25) is 0 Å². The molecule has 1 heterocycles. The average molecular weight is 785 g/mol. The zero-order valence-electron chi connectivity index (χ0n) is 34.1. The van der Waals surface area contributed by atoms with Crippen LogP contribution in [0.5, 0.6) is 17.2 Å². The molecule has 2 aromatic carbocycles. The van der Waals surface area contributed by atoms with E-state index in [1.54, 1.807) is 24.3 Å². The molecule has 2 N–H and O–H groups in total. The summed E-state index contributed by atoms with van der Waals surface area (Å²) in [4.78, 5) is 34.1. The van der Waals surface area contributed by atoms with E-state index < -0.39 is 11.8 Å². The summed E-state index contributed by atoms with van der Waals surface area (Å²) < 4.78 is 20.9. The molecule has 0 aromatic heterocycles. The Labute approximate surface area is 339 Å². The van der Waals surface area contributed by atoms with Crippen LogP contribution in [0.3, 0.4) is 0 Å². The van der Waals surface area contributed by atoms with Gasteiger partial charge < -0.3 is 34.2 Å². The van der Waals surface area contributed by atoms with Crippen LogP contribution in [-0.4, -0.2) is 77.8 Å². The lowest BCUT2D eigenvalue weighted by Gasteiger charge is -2.60. The van der Waals surface area contributed by atoms with Gasteiger partial charge >= 0.3 is 0 Å². The topological polar surface area (TPSA) is 127 Å². The van der Waals surface area contributed by atoms with Gasteiger partial charge in [0.1, 0.15) is 36.2 Å². The number of ether oxygens (including phenoxy) is 3. The summed E-state index contributed by atoms with van der Waals surface area (Å²) in [5.74, 6) is 1.01. The van der Waals surface area contributed by atoms with E-state index in [4.69, 9.17) is 24.2 Å². The summed E-state index contributed by atoms with van der Waals surface area (Å²) in [6.45, 7) is 9.51. The molecule has 6 atom stereocenters. The average Bonchev–Trinajstić information content (AvgIpc) is 3.76. The van der Waals surface area contributed by atoms with Crippen molar-refractivity contribution in [2.24, 2.45) is 28.8 Å². The largest absolute Gasteiger partial charge is 0.459 e.